The maximum Gasteiger partial charge on any atom is 0.141 e. The third-order valence-corrected chi connectivity index (χ3v) is 3.44. The van der Waals surface area contributed by atoms with Crippen molar-refractivity contribution in [3.8, 4) is 5.75 Å². The van der Waals surface area contributed by atoms with E-state index >= 15 is 0 Å². The van der Waals surface area contributed by atoms with E-state index in [1.165, 1.54) is 12.3 Å². The van der Waals surface area contributed by atoms with Gasteiger partial charge in [-0.15, -0.1) is 0 Å². The van der Waals surface area contributed by atoms with Gasteiger partial charge in [-0.05, 0) is 37.0 Å². The van der Waals surface area contributed by atoms with Crippen molar-refractivity contribution >= 4 is 0 Å². The van der Waals surface area contributed by atoms with Crippen molar-refractivity contribution < 1.29 is 9.13 Å². The molecule has 0 saturated heterocycles. The molecule has 21 heavy (non-hydrogen) atoms. The standard InChI is InChI=1S/C17H21FN2O/c1-3-16(19)8-14-6-4-5-12(2)17(14)21-11-13-7-15(18)10-20-9-13/h4-7,9-10,16H,3,8,11,19H2,1-2H3. The van der Waals surface area contributed by atoms with E-state index in [4.69, 9.17) is 10.5 Å². The van der Waals surface area contributed by atoms with E-state index in [1.807, 2.05) is 25.1 Å². The molecule has 112 valence electrons. The normalized spacial score (nSPS) is 12.2. The summed E-state index contributed by atoms with van der Waals surface area (Å²) in [4.78, 5) is 3.83. The first-order chi connectivity index (χ1) is 10.1. The largest absolute Gasteiger partial charge is 0.488 e. The van der Waals surface area contributed by atoms with Crippen LogP contribution in [-0.2, 0) is 13.0 Å². The molecule has 0 spiro atoms. The average Bonchev–Trinajstić information content (AvgIpc) is 2.46. The van der Waals surface area contributed by atoms with Crippen LogP contribution in [0, 0.1) is 12.7 Å². The summed E-state index contributed by atoms with van der Waals surface area (Å²) in [5, 5.41) is 0. The van der Waals surface area contributed by atoms with Gasteiger partial charge >= 0.3 is 0 Å². The molecule has 0 aliphatic heterocycles. The van der Waals surface area contributed by atoms with E-state index < -0.39 is 0 Å². The highest BCUT2D eigenvalue weighted by molar-refractivity contribution is 5.41. The Labute approximate surface area is 125 Å². The second kappa shape index (κ2) is 7.18. The van der Waals surface area contributed by atoms with Gasteiger partial charge in [0.2, 0.25) is 0 Å². The molecule has 4 heteroatoms. The Balaban J connectivity index is 2.15. The first kappa shape index (κ1) is 15.4. The van der Waals surface area contributed by atoms with Crippen LogP contribution in [0.25, 0.3) is 0 Å². The quantitative estimate of drug-likeness (QED) is 0.886. The Morgan fingerprint density at radius 1 is 1.33 bits per heavy atom. The summed E-state index contributed by atoms with van der Waals surface area (Å²) in [5.41, 5.74) is 8.90. The van der Waals surface area contributed by atoms with Crippen LogP contribution in [0.15, 0.2) is 36.7 Å². The average molecular weight is 288 g/mol. The zero-order chi connectivity index (χ0) is 15.2. The molecule has 0 saturated carbocycles. The van der Waals surface area contributed by atoms with E-state index in [0.29, 0.717) is 12.2 Å². The van der Waals surface area contributed by atoms with Crippen LogP contribution in [0.2, 0.25) is 0 Å². The molecule has 0 fully saturated rings. The number of ether oxygens (including phenoxy) is 1. The zero-order valence-electron chi connectivity index (χ0n) is 12.5. The lowest BCUT2D eigenvalue weighted by Crippen LogP contribution is -2.21. The van der Waals surface area contributed by atoms with Gasteiger partial charge in [-0.2, -0.15) is 0 Å². The predicted octanol–water partition coefficient (Wildman–Crippen LogP) is 3.39. The van der Waals surface area contributed by atoms with Crippen molar-refractivity contribution in [1.82, 2.24) is 4.98 Å². The van der Waals surface area contributed by atoms with E-state index in [1.54, 1.807) is 6.20 Å². The maximum absolute atomic E-state index is 13.1. The smallest absolute Gasteiger partial charge is 0.141 e. The molecule has 2 aromatic rings. The molecule has 0 amide bonds. The second-order valence-electron chi connectivity index (χ2n) is 5.24. The van der Waals surface area contributed by atoms with Crippen molar-refractivity contribution in [2.75, 3.05) is 0 Å². The zero-order valence-corrected chi connectivity index (χ0v) is 12.5. The number of nitrogens with two attached hydrogens (primary N) is 1. The van der Waals surface area contributed by atoms with Crippen LogP contribution in [0.5, 0.6) is 5.75 Å². The third kappa shape index (κ3) is 4.26. The Kier molecular flexibility index (Phi) is 5.28. The fraction of sp³-hybridized carbons (Fsp3) is 0.353. The summed E-state index contributed by atoms with van der Waals surface area (Å²) in [5.74, 6) is 0.486. The second-order valence-corrected chi connectivity index (χ2v) is 5.24. The van der Waals surface area contributed by atoms with Crippen molar-refractivity contribution in [3.63, 3.8) is 0 Å². The monoisotopic (exact) mass is 288 g/mol. The molecule has 2 rings (SSSR count). The SMILES string of the molecule is CCC(N)Cc1cccc(C)c1OCc1cncc(F)c1. The predicted molar refractivity (Wildman–Crippen MR) is 81.7 cm³/mol. The molecule has 0 aliphatic rings. The number of nitrogens with zero attached hydrogens (tertiary/aromatic N) is 1. The van der Waals surface area contributed by atoms with Gasteiger partial charge in [0.15, 0.2) is 0 Å². The van der Waals surface area contributed by atoms with Gasteiger partial charge in [-0.25, -0.2) is 4.39 Å². The van der Waals surface area contributed by atoms with Crippen LogP contribution in [0.3, 0.4) is 0 Å². The Morgan fingerprint density at radius 3 is 2.86 bits per heavy atom. The van der Waals surface area contributed by atoms with Crippen LogP contribution in [0.1, 0.15) is 30.0 Å². The summed E-state index contributed by atoms with van der Waals surface area (Å²) in [6.07, 6.45) is 4.48. The Bertz CT molecular complexity index is 601. The summed E-state index contributed by atoms with van der Waals surface area (Å²) in [6.45, 7) is 4.36. The minimum atomic E-state index is -0.353. The third-order valence-electron chi connectivity index (χ3n) is 3.44. The lowest BCUT2D eigenvalue weighted by Gasteiger charge is -2.16. The summed E-state index contributed by atoms with van der Waals surface area (Å²) >= 11 is 0. The van der Waals surface area contributed by atoms with Crippen molar-refractivity contribution in [2.24, 2.45) is 5.73 Å². The van der Waals surface area contributed by atoms with E-state index in [0.717, 1.165) is 29.7 Å². The molecule has 3 nitrogen and oxygen atoms in total. The topological polar surface area (TPSA) is 48.1 Å². The van der Waals surface area contributed by atoms with Crippen LogP contribution in [-0.4, -0.2) is 11.0 Å². The maximum atomic E-state index is 13.1. The van der Waals surface area contributed by atoms with Crippen molar-refractivity contribution in [3.05, 3.63) is 59.2 Å². The van der Waals surface area contributed by atoms with Gasteiger partial charge < -0.3 is 10.5 Å². The lowest BCUT2D eigenvalue weighted by molar-refractivity contribution is 0.299. The van der Waals surface area contributed by atoms with Crippen LogP contribution >= 0.6 is 0 Å². The summed E-state index contributed by atoms with van der Waals surface area (Å²) in [7, 11) is 0. The number of benzene rings is 1. The van der Waals surface area contributed by atoms with Gasteiger partial charge in [0.1, 0.15) is 18.2 Å². The number of halogens is 1. The van der Waals surface area contributed by atoms with Crippen molar-refractivity contribution in [2.45, 2.75) is 39.3 Å². The number of hydrogen-bond acceptors (Lipinski definition) is 3. The molecule has 0 bridgehead atoms. The van der Waals surface area contributed by atoms with Gasteiger partial charge in [-0.3, -0.25) is 4.98 Å². The fourth-order valence-corrected chi connectivity index (χ4v) is 2.20. The molecule has 1 atom stereocenters. The lowest BCUT2D eigenvalue weighted by atomic mass is 10.0. The van der Waals surface area contributed by atoms with Crippen LogP contribution < -0.4 is 10.5 Å². The number of aromatic nitrogens is 1. The van der Waals surface area contributed by atoms with E-state index in [9.17, 15) is 4.39 Å². The number of pyridine rings is 1. The molecular weight excluding hydrogens is 267 g/mol. The molecule has 1 heterocycles. The van der Waals surface area contributed by atoms with Crippen LogP contribution in [0.4, 0.5) is 4.39 Å². The number of hydrogen-bond donors (Lipinski definition) is 1. The molecule has 1 unspecified atom stereocenters. The van der Waals surface area contributed by atoms with Gasteiger partial charge in [0, 0.05) is 17.8 Å². The van der Waals surface area contributed by atoms with Crippen molar-refractivity contribution in [1.29, 1.82) is 0 Å². The molecule has 1 aromatic carbocycles. The highest BCUT2D eigenvalue weighted by Crippen LogP contribution is 2.25. The summed E-state index contributed by atoms with van der Waals surface area (Å²) in [6, 6.07) is 7.58. The Morgan fingerprint density at radius 2 is 2.14 bits per heavy atom. The van der Waals surface area contributed by atoms with Gasteiger partial charge in [-0.1, -0.05) is 25.1 Å². The minimum Gasteiger partial charge on any atom is -0.488 e. The molecular formula is C17H21FN2O. The summed E-state index contributed by atoms with van der Waals surface area (Å²) < 4.78 is 19.0. The highest BCUT2D eigenvalue weighted by Gasteiger charge is 2.10. The van der Waals surface area contributed by atoms with E-state index in [2.05, 4.69) is 11.9 Å². The number of aryl methyl sites for hydroxylation is 1. The van der Waals surface area contributed by atoms with Gasteiger partial charge in [0.25, 0.3) is 0 Å². The highest BCUT2D eigenvalue weighted by atomic mass is 19.1. The number of para-hydroxylation sites is 1. The molecule has 1 aromatic heterocycles. The first-order valence-corrected chi connectivity index (χ1v) is 7.16. The minimum absolute atomic E-state index is 0.116. The molecule has 0 aliphatic carbocycles. The number of rotatable bonds is 6. The van der Waals surface area contributed by atoms with E-state index in [-0.39, 0.29) is 11.9 Å². The molecule has 0 radical (unpaired) electrons. The Hall–Kier alpha value is -1.94. The first-order valence-electron chi connectivity index (χ1n) is 7.16. The molecule has 2 N–H and O–H groups in total. The van der Waals surface area contributed by atoms with Gasteiger partial charge in [0.05, 0.1) is 6.20 Å². The fourth-order valence-electron chi connectivity index (χ4n) is 2.20.